The lowest BCUT2D eigenvalue weighted by molar-refractivity contribution is 0.306. The zero-order valence-electron chi connectivity index (χ0n) is 13.9. The average molecular weight is 317 g/mol. The van der Waals surface area contributed by atoms with E-state index in [2.05, 4.69) is 43.3 Å². The fourth-order valence-electron chi connectivity index (χ4n) is 2.78. The molecule has 2 unspecified atom stereocenters. The van der Waals surface area contributed by atoms with Gasteiger partial charge in [0.2, 0.25) is 0 Å². The van der Waals surface area contributed by atoms with Gasteiger partial charge in [-0.3, -0.25) is 0 Å². The SMILES string of the molecule is CC(c1ccc(OCc2ccccc2)cc1)C(N)c1ccccc1. The van der Waals surface area contributed by atoms with Crippen LogP contribution in [0.1, 0.15) is 35.6 Å². The van der Waals surface area contributed by atoms with Gasteiger partial charge in [-0.15, -0.1) is 0 Å². The van der Waals surface area contributed by atoms with Gasteiger partial charge in [0.15, 0.2) is 0 Å². The Kier molecular flexibility index (Phi) is 5.29. The predicted molar refractivity (Wildman–Crippen MR) is 99.0 cm³/mol. The summed E-state index contributed by atoms with van der Waals surface area (Å²) in [4.78, 5) is 0. The highest BCUT2D eigenvalue weighted by molar-refractivity contribution is 5.32. The third-order valence-corrected chi connectivity index (χ3v) is 4.38. The van der Waals surface area contributed by atoms with Crippen LogP contribution in [0.2, 0.25) is 0 Å². The normalized spacial score (nSPS) is 13.2. The first-order valence-corrected chi connectivity index (χ1v) is 8.31. The highest BCUT2D eigenvalue weighted by atomic mass is 16.5. The summed E-state index contributed by atoms with van der Waals surface area (Å²) < 4.78 is 5.84. The largest absolute Gasteiger partial charge is 0.489 e. The molecule has 0 aromatic heterocycles. The van der Waals surface area contributed by atoms with Gasteiger partial charge in [-0.05, 0) is 28.8 Å². The van der Waals surface area contributed by atoms with E-state index in [1.165, 1.54) is 11.1 Å². The molecule has 2 heteroatoms. The summed E-state index contributed by atoms with van der Waals surface area (Å²) in [6.07, 6.45) is 0. The Morgan fingerprint density at radius 1 is 0.750 bits per heavy atom. The predicted octanol–water partition coefficient (Wildman–Crippen LogP) is 5.07. The van der Waals surface area contributed by atoms with E-state index in [0.717, 1.165) is 11.3 Å². The van der Waals surface area contributed by atoms with Crippen LogP contribution in [0.25, 0.3) is 0 Å². The molecule has 3 rings (SSSR count). The van der Waals surface area contributed by atoms with Crippen molar-refractivity contribution < 1.29 is 4.74 Å². The highest BCUT2D eigenvalue weighted by Crippen LogP contribution is 2.29. The van der Waals surface area contributed by atoms with Crippen LogP contribution in [0, 0.1) is 0 Å². The minimum atomic E-state index is -0.0118. The Labute approximate surface area is 143 Å². The molecule has 2 atom stereocenters. The van der Waals surface area contributed by atoms with Crippen LogP contribution in [0.3, 0.4) is 0 Å². The van der Waals surface area contributed by atoms with E-state index in [4.69, 9.17) is 10.5 Å². The lowest BCUT2D eigenvalue weighted by atomic mass is 9.89. The van der Waals surface area contributed by atoms with Crippen molar-refractivity contribution in [3.63, 3.8) is 0 Å². The Hall–Kier alpha value is -2.58. The van der Waals surface area contributed by atoms with Crippen molar-refractivity contribution in [2.75, 3.05) is 0 Å². The molecule has 0 fully saturated rings. The summed E-state index contributed by atoms with van der Waals surface area (Å²) in [6, 6.07) is 28.7. The van der Waals surface area contributed by atoms with E-state index in [1.807, 2.05) is 48.5 Å². The maximum Gasteiger partial charge on any atom is 0.119 e. The fraction of sp³-hybridized carbons (Fsp3) is 0.182. The molecule has 2 nitrogen and oxygen atoms in total. The van der Waals surface area contributed by atoms with Crippen LogP contribution in [-0.4, -0.2) is 0 Å². The van der Waals surface area contributed by atoms with Crippen LogP contribution < -0.4 is 10.5 Å². The fourth-order valence-corrected chi connectivity index (χ4v) is 2.78. The molecular weight excluding hydrogens is 294 g/mol. The second-order valence-corrected chi connectivity index (χ2v) is 6.07. The summed E-state index contributed by atoms with van der Waals surface area (Å²) in [7, 11) is 0. The molecule has 0 aliphatic rings. The van der Waals surface area contributed by atoms with Crippen LogP contribution in [-0.2, 0) is 6.61 Å². The van der Waals surface area contributed by atoms with Crippen molar-refractivity contribution in [1.82, 2.24) is 0 Å². The van der Waals surface area contributed by atoms with Gasteiger partial charge in [0.25, 0.3) is 0 Å². The number of hydrogen-bond donors (Lipinski definition) is 1. The summed E-state index contributed by atoms with van der Waals surface area (Å²) in [5, 5.41) is 0. The quantitative estimate of drug-likeness (QED) is 0.689. The smallest absolute Gasteiger partial charge is 0.119 e. The van der Waals surface area contributed by atoms with Gasteiger partial charge in [0, 0.05) is 12.0 Å². The molecule has 0 saturated heterocycles. The topological polar surface area (TPSA) is 35.2 Å². The Bertz CT molecular complexity index is 738. The number of rotatable bonds is 6. The Morgan fingerprint density at radius 2 is 1.33 bits per heavy atom. The van der Waals surface area contributed by atoms with E-state index in [9.17, 15) is 0 Å². The third kappa shape index (κ3) is 4.03. The van der Waals surface area contributed by atoms with Crippen molar-refractivity contribution in [2.45, 2.75) is 25.5 Å². The molecule has 0 spiro atoms. The van der Waals surface area contributed by atoms with Crippen molar-refractivity contribution in [3.05, 3.63) is 102 Å². The number of hydrogen-bond acceptors (Lipinski definition) is 2. The summed E-state index contributed by atoms with van der Waals surface area (Å²) in [5.74, 6) is 1.12. The molecule has 24 heavy (non-hydrogen) atoms. The number of benzene rings is 3. The Morgan fingerprint density at radius 3 is 1.96 bits per heavy atom. The molecule has 2 N–H and O–H groups in total. The molecule has 0 bridgehead atoms. The number of nitrogens with two attached hydrogens (primary N) is 1. The van der Waals surface area contributed by atoms with Crippen LogP contribution in [0.15, 0.2) is 84.9 Å². The van der Waals surface area contributed by atoms with Gasteiger partial charge in [-0.25, -0.2) is 0 Å². The van der Waals surface area contributed by atoms with E-state index < -0.39 is 0 Å². The molecule has 0 radical (unpaired) electrons. The van der Waals surface area contributed by atoms with Gasteiger partial charge in [-0.1, -0.05) is 79.7 Å². The molecule has 0 amide bonds. The maximum absolute atomic E-state index is 6.41. The first kappa shape index (κ1) is 16.3. The second-order valence-electron chi connectivity index (χ2n) is 6.07. The first-order valence-electron chi connectivity index (χ1n) is 8.31. The molecule has 3 aromatic rings. The molecule has 122 valence electrons. The van der Waals surface area contributed by atoms with Crippen LogP contribution in [0.4, 0.5) is 0 Å². The van der Waals surface area contributed by atoms with Gasteiger partial charge in [0.1, 0.15) is 12.4 Å². The molecule has 0 saturated carbocycles. The Balaban J connectivity index is 1.63. The minimum Gasteiger partial charge on any atom is -0.489 e. The molecule has 0 aliphatic carbocycles. The van der Waals surface area contributed by atoms with E-state index >= 15 is 0 Å². The van der Waals surface area contributed by atoms with Crippen molar-refractivity contribution in [3.8, 4) is 5.75 Å². The van der Waals surface area contributed by atoms with Crippen LogP contribution >= 0.6 is 0 Å². The van der Waals surface area contributed by atoms with E-state index in [1.54, 1.807) is 0 Å². The average Bonchev–Trinajstić information content (AvgIpc) is 2.67. The molecule has 3 aromatic carbocycles. The molecular formula is C22H23NO. The van der Waals surface area contributed by atoms with Gasteiger partial charge < -0.3 is 10.5 Å². The van der Waals surface area contributed by atoms with Crippen molar-refractivity contribution in [2.24, 2.45) is 5.73 Å². The molecule has 0 aliphatic heterocycles. The van der Waals surface area contributed by atoms with Crippen molar-refractivity contribution in [1.29, 1.82) is 0 Å². The summed E-state index contributed by atoms with van der Waals surface area (Å²) in [6.45, 7) is 2.75. The maximum atomic E-state index is 6.41. The first-order chi connectivity index (χ1) is 11.7. The summed E-state index contributed by atoms with van der Waals surface area (Å²) >= 11 is 0. The second kappa shape index (κ2) is 7.80. The zero-order valence-corrected chi connectivity index (χ0v) is 13.9. The minimum absolute atomic E-state index is 0.0118. The van der Waals surface area contributed by atoms with Crippen molar-refractivity contribution >= 4 is 0 Å². The van der Waals surface area contributed by atoms with Crippen LogP contribution in [0.5, 0.6) is 5.75 Å². The van der Waals surface area contributed by atoms with Gasteiger partial charge in [0.05, 0.1) is 0 Å². The number of ether oxygens (including phenoxy) is 1. The van der Waals surface area contributed by atoms with E-state index in [0.29, 0.717) is 6.61 Å². The zero-order chi connectivity index (χ0) is 16.8. The molecule has 0 heterocycles. The van der Waals surface area contributed by atoms with E-state index in [-0.39, 0.29) is 12.0 Å². The third-order valence-electron chi connectivity index (χ3n) is 4.38. The lowest BCUT2D eigenvalue weighted by Crippen LogP contribution is -2.17. The van der Waals surface area contributed by atoms with Gasteiger partial charge in [-0.2, -0.15) is 0 Å². The standard InChI is InChI=1S/C22H23NO/c1-17(22(23)20-10-6-3-7-11-20)19-12-14-21(15-13-19)24-16-18-8-4-2-5-9-18/h2-15,17,22H,16,23H2,1H3. The van der Waals surface area contributed by atoms with Gasteiger partial charge >= 0.3 is 0 Å². The summed E-state index contributed by atoms with van der Waals surface area (Å²) in [5.41, 5.74) is 9.96. The lowest BCUT2D eigenvalue weighted by Gasteiger charge is -2.21. The highest BCUT2D eigenvalue weighted by Gasteiger charge is 2.16. The monoisotopic (exact) mass is 317 g/mol.